The van der Waals surface area contributed by atoms with Crippen LogP contribution in [0, 0.1) is 12.8 Å². The first-order valence-electron chi connectivity index (χ1n) is 10.3. The lowest BCUT2D eigenvalue weighted by atomic mass is 9.92. The van der Waals surface area contributed by atoms with Gasteiger partial charge >= 0.3 is 0 Å². The fraction of sp³-hybridized carbons (Fsp3) is 0.750. The number of ether oxygens (including phenoxy) is 1. The molecule has 0 bridgehead atoms. The number of carbonyl (C=O) groups is 2. The van der Waals surface area contributed by atoms with E-state index in [1.54, 1.807) is 6.20 Å². The quantitative estimate of drug-likeness (QED) is 0.752. The van der Waals surface area contributed by atoms with Gasteiger partial charge in [-0.3, -0.25) is 9.59 Å². The third-order valence-corrected chi connectivity index (χ3v) is 5.79. The number of likely N-dealkylation sites (tertiary alicyclic amines) is 1. The molecule has 150 valence electrons. The molecule has 2 amide bonds. The molecule has 0 radical (unpaired) electrons. The molecule has 2 fully saturated rings. The number of nitrogens with one attached hydrogen (secondary N) is 1. The first kappa shape index (κ1) is 19.9. The van der Waals surface area contributed by atoms with Crippen molar-refractivity contribution in [3.8, 4) is 0 Å². The molecule has 1 aromatic heterocycles. The van der Waals surface area contributed by atoms with E-state index >= 15 is 0 Å². The van der Waals surface area contributed by atoms with Crippen LogP contribution >= 0.6 is 0 Å². The molecule has 1 aromatic rings. The Kier molecular flexibility index (Phi) is 7.26. The van der Waals surface area contributed by atoms with Crippen molar-refractivity contribution in [2.75, 3.05) is 26.2 Å². The summed E-state index contributed by atoms with van der Waals surface area (Å²) in [7, 11) is 0. The van der Waals surface area contributed by atoms with Crippen LogP contribution in [-0.2, 0) is 20.9 Å². The number of carbonyl (C=O) groups excluding carboxylic acids is 2. The highest BCUT2D eigenvalue weighted by Crippen LogP contribution is 2.22. The molecule has 2 aliphatic rings. The lowest BCUT2D eigenvalue weighted by molar-refractivity contribution is -0.133. The summed E-state index contributed by atoms with van der Waals surface area (Å²) in [6.07, 6.45) is 10.0. The van der Waals surface area contributed by atoms with Crippen LogP contribution in [-0.4, -0.2) is 58.6 Å². The van der Waals surface area contributed by atoms with E-state index in [-0.39, 0.29) is 17.9 Å². The number of piperidine rings is 1. The molecule has 1 unspecified atom stereocenters. The molecule has 1 N–H and O–H groups in total. The maximum atomic E-state index is 12.4. The van der Waals surface area contributed by atoms with E-state index in [9.17, 15) is 9.59 Å². The highest BCUT2D eigenvalue weighted by molar-refractivity contribution is 5.76. The number of nitrogens with zero attached hydrogens (tertiary/aromatic N) is 3. The molecule has 0 spiro atoms. The number of imidazole rings is 1. The van der Waals surface area contributed by atoms with Crippen LogP contribution in [0.25, 0.3) is 0 Å². The average Bonchev–Trinajstić information content (AvgIpc) is 3.35. The van der Waals surface area contributed by atoms with E-state index in [4.69, 9.17) is 4.74 Å². The minimum atomic E-state index is 0.125. The van der Waals surface area contributed by atoms with Gasteiger partial charge in [-0.2, -0.15) is 0 Å². The summed E-state index contributed by atoms with van der Waals surface area (Å²) in [4.78, 5) is 30.6. The van der Waals surface area contributed by atoms with E-state index in [2.05, 4.69) is 10.3 Å². The topological polar surface area (TPSA) is 76.5 Å². The van der Waals surface area contributed by atoms with Crippen LogP contribution in [0.5, 0.6) is 0 Å². The Balaban J connectivity index is 1.28. The summed E-state index contributed by atoms with van der Waals surface area (Å²) in [5.74, 6) is 1.83. The zero-order valence-corrected chi connectivity index (χ0v) is 16.4. The first-order chi connectivity index (χ1) is 13.1. The first-order valence-corrected chi connectivity index (χ1v) is 10.3. The van der Waals surface area contributed by atoms with Gasteiger partial charge in [0, 0.05) is 58.0 Å². The van der Waals surface area contributed by atoms with E-state index in [1.165, 1.54) is 0 Å². The summed E-state index contributed by atoms with van der Waals surface area (Å²) in [6, 6.07) is 0. The Morgan fingerprint density at radius 1 is 1.26 bits per heavy atom. The Bertz CT molecular complexity index is 616. The third-order valence-electron chi connectivity index (χ3n) is 5.79. The van der Waals surface area contributed by atoms with Gasteiger partial charge in [0.15, 0.2) is 0 Å². The molecule has 7 heteroatoms. The van der Waals surface area contributed by atoms with Crippen LogP contribution in [0.4, 0.5) is 0 Å². The molecule has 3 heterocycles. The van der Waals surface area contributed by atoms with Crippen molar-refractivity contribution in [1.82, 2.24) is 19.8 Å². The predicted octanol–water partition coefficient (Wildman–Crippen LogP) is 1.90. The van der Waals surface area contributed by atoms with Crippen molar-refractivity contribution in [2.45, 2.75) is 64.5 Å². The highest BCUT2D eigenvalue weighted by atomic mass is 16.5. The second kappa shape index (κ2) is 9.88. The van der Waals surface area contributed by atoms with Crippen molar-refractivity contribution in [1.29, 1.82) is 0 Å². The lowest BCUT2D eigenvalue weighted by Crippen LogP contribution is -2.39. The summed E-state index contributed by atoms with van der Waals surface area (Å²) < 4.78 is 7.54. The molecule has 1 atom stereocenters. The van der Waals surface area contributed by atoms with E-state index < -0.39 is 0 Å². The van der Waals surface area contributed by atoms with Crippen molar-refractivity contribution in [2.24, 2.45) is 5.92 Å². The predicted molar refractivity (Wildman–Crippen MR) is 102 cm³/mol. The summed E-state index contributed by atoms with van der Waals surface area (Å²) in [6.45, 7) is 5.72. The Morgan fingerprint density at radius 2 is 2.07 bits per heavy atom. The minimum Gasteiger partial charge on any atom is -0.376 e. The van der Waals surface area contributed by atoms with Crippen molar-refractivity contribution < 1.29 is 14.3 Å². The molecular formula is C20H32N4O3. The van der Waals surface area contributed by atoms with Crippen LogP contribution in [0.15, 0.2) is 12.4 Å². The molecule has 2 aliphatic heterocycles. The second-order valence-corrected chi connectivity index (χ2v) is 7.72. The number of rotatable bonds is 8. The number of aromatic nitrogens is 2. The number of hydrogen-bond donors (Lipinski definition) is 1. The normalized spacial score (nSPS) is 20.8. The molecule has 0 aliphatic carbocycles. The van der Waals surface area contributed by atoms with Gasteiger partial charge in [0.1, 0.15) is 5.82 Å². The van der Waals surface area contributed by atoms with Gasteiger partial charge in [0.05, 0.1) is 6.10 Å². The van der Waals surface area contributed by atoms with Crippen LogP contribution in [0.3, 0.4) is 0 Å². The standard InChI is InChI=1S/C20H32N4O3/c1-16-21-9-13-23(16)12-8-20(26)24-10-6-17(7-11-24)4-5-19(25)22-15-18-3-2-14-27-18/h9,13,17-18H,2-8,10-12,14-15H2,1H3,(H,22,25). The van der Waals surface area contributed by atoms with E-state index in [0.717, 1.165) is 57.6 Å². The van der Waals surface area contributed by atoms with Crippen molar-refractivity contribution in [3.05, 3.63) is 18.2 Å². The molecule has 7 nitrogen and oxygen atoms in total. The van der Waals surface area contributed by atoms with Gasteiger partial charge in [0.25, 0.3) is 0 Å². The van der Waals surface area contributed by atoms with Crippen molar-refractivity contribution in [3.63, 3.8) is 0 Å². The Labute approximate surface area is 161 Å². The largest absolute Gasteiger partial charge is 0.376 e. The molecule has 3 rings (SSSR count). The van der Waals surface area contributed by atoms with Gasteiger partial charge in [-0.15, -0.1) is 0 Å². The van der Waals surface area contributed by atoms with Gasteiger partial charge in [-0.25, -0.2) is 4.98 Å². The number of aryl methyl sites for hydroxylation is 2. The fourth-order valence-corrected chi connectivity index (χ4v) is 3.94. The maximum Gasteiger partial charge on any atom is 0.224 e. The Hall–Kier alpha value is -1.89. The zero-order chi connectivity index (χ0) is 19.1. The Morgan fingerprint density at radius 3 is 2.74 bits per heavy atom. The molecular weight excluding hydrogens is 344 g/mol. The van der Waals surface area contributed by atoms with Crippen molar-refractivity contribution >= 4 is 11.8 Å². The zero-order valence-electron chi connectivity index (χ0n) is 16.4. The van der Waals surface area contributed by atoms with Crippen LogP contribution in [0.1, 0.15) is 50.8 Å². The molecule has 2 saturated heterocycles. The second-order valence-electron chi connectivity index (χ2n) is 7.72. The molecule has 0 saturated carbocycles. The van der Waals surface area contributed by atoms with Crippen LogP contribution in [0.2, 0.25) is 0 Å². The monoisotopic (exact) mass is 376 g/mol. The van der Waals surface area contributed by atoms with Gasteiger partial charge < -0.3 is 19.5 Å². The third kappa shape index (κ3) is 6.06. The average molecular weight is 377 g/mol. The smallest absolute Gasteiger partial charge is 0.224 e. The fourth-order valence-electron chi connectivity index (χ4n) is 3.94. The SMILES string of the molecule is Cc1nccn1CCC(=O)N1CCC(CCC(=O)NCC2CCCO2)CC1. The van der Waals surface area contributed by atoms with E-state index in [1.807, 2.05) is 22.6 Å². The van der Waals surface area contributed by atoms with Gasteiger partial charge in [-0.1, -0.05) is 0 Å². The summed E-state index contributed by atoms with van der Waals surface area (Å²) in [5.41, 5.74) is 0. The van der Waals surface area contributed by atoms with Crippen LogP contribution < -0.4 is 5.32 Å². The molecule has 27 heavy (non-hydrogen) atoms. The summed E-state index contributed by atoms with van der Waals surface area (Å²) >= 11 is 0. The van der Waals surface area contributed by atoms with E-state index in [0.29, 0.717) is 31.8 Å². The summed E-state index contributed by atoms with van der Waals surface area (Å²) in [5, 5.41) is 2.99. The minimum absolute atomic E-state index is 0.125. The number of hydrogen-bond acceptors (Lipinski definition) is 4. The van der Waals surface area contributed by atoms with Gasteiger partial charge in [-0.05, 0) is 44.9 Å². The highest BCUT2D eigenvalue weighted by Gasteiger charge is 2.23. The maximum absolute atomic E-state index is 12.4. The number of amides is 2. The molecule has 0 aromatic carbocycles. The van der Waals surface area contributed by atoms with Gasteiger partial charge in [0.2, 0.25) is 11.8 Å². The lowest BCUT2D eigenvalue weighted by Gasteiger charge is -2.32.